The van der Waals surface area contributed by atoms with Gasteiger partial charge in [0.05, 0.1) is 7.11 Å². The summed E-state index contributed by atoms with van der Waals surface area (Å²) in [7, 11) is 1.56. The highest BCUT2D eigenvalue weighted by atomic mass is 16.5. The Kier molecular flexibility index (Phi) is 2.22. The molecule has 0 aromatic rings. The normalized spacial score (nSPS) is 31.7. The van der Waals surface area contributed by atoms with Crippen molar-refractivity contribution in [2.24, 2.45) is 5.41 Å². The van der Waals surface area contributed by atoms with Crippen LogP contribution in [0.2, 0.25) is 0 Å². The SMILES string of the molecule is COC1=CC2(C)CCCCC2=CC1=O. The van der Waals surface area contributed by atoms with Gasteiger partial charge in [0.2, 0.25) is 5.78 Å². The number of hydrogen-bond donors (Lipinski definition) is 0. The van der Waals surface area contributed by atoms with E-state index in [1.807, 2.05) is 6.08 Å². The molecule has 2 aliphatic rings. The van der Waals surface area contributed by atoms with E-state index in [0.717, 1.165) is 12.8 Å². The van der Waals surface area contributed by atoms with Gasteiger partial charge < -0.3 is 4.74 Å². The van der Waals surface area contributed by atoms with Crippen LogP contribution in [0.15, 0.2) is 23.5 Å². The van der Waals surface area contributed by atoms with Crippen LogP contribution in [-0.4, -0.2) is 12.9 Å². The van der Waals surface area contributed by atoms with Crippen molar-refractivity contribution in [2.75, 3.05) is 7.11 Å². The van der Waals surface area contributed by atoms with Crippen molar-refractivity contribution >= 4 is 5.78 Å². The maximum atomic E-state index is 11.6. The molecule has 0 saturated heterocycles. The lowest BCUT2D eigenvalue weighted by molar-refractivity contribution is -0.114. The second-order valence-corrected chi connectivity index (χ2v) is 4.37. The van der Waals surface area contributed by atoms with Crippen LogP contribution < -0.4 is 0 Å². The van der Waals surface area contributed by atoms with Crippen LogP contribution in [0.1, 0.15) is 32.6 Å². The van der Waals surface area contributed by atoms with E-state index >= 15 is 0 Å². The van der Waals surface area contributed by atoms with E-state index < -0.39 is 0 Å². The zero-order valence-corrected chi connectivity index (χ0v) is 8.80. The van der Waals surface area contributed by atoms with E-state index in [-0.39, 0.29) is 11.2 Å². The van der Waals surface area contributed by atoms with Gasteiger partial charge in [-0.1, -0.05) is 18.9 Å². The van der Waals surface area contributed by atoms with Crippen LogP contribution in [0, 0.1) is 5.41 Å². The van der Waals surface area contributed by atoms with Gasteiger partial charge in [-0.2, -0.15) is 0 Å². The van der Waals surface area contributed by atoms with E-state index in [9.17, 15) is 4.79 Å². The average Bonchev–Trinajstić information content (AvgIpc) is 2.18. The number of ether oxygens (including phenoxy) is 1. The Morgan fingerprint density at radius 3 is 2.93 bits per heavy atom. The molecule has 0 N–H and O–H groups in total. The molecule has 1 fully saturated rings. The minimum Gasteiger partial charge on any atom is -0.493 e. The Morgan fingerprint density at radius 2 is 2.21 bits per heavy atom. The summed E-state index contributed by atoms with van der Waals surface area (Å²) in [6, 6.07) is 0. The standard InChI is InChI=1S/C12H16O2/c1-12-6-4-3-5-9(12)7-10(13)11(8-12)14-2/h7-8H,3-6H2,1-2H3. The number of rotatable bonds is 1. The number of hydrogen-bond acceptors (Lipinski definition) is 2. The van der Waals surface area contributed by atoms with Crippen LogP contribution in [0.4, 0.5) is 0 Å². The molecule has 0 aromatic carbocycles. The molecule has 0 heterocycles. The molecule has 2 nitrogen and oxygen atoms in total. The van der Waals surface area contributed by atoms with Crippen LogP contribution in [-0.2, 0) is 9.53 Å². The Balaban J connectivity index is 2.36. The van der Waals surface area contributed by atoms with Gasteiger partial charge in [-0.25, -0.2) is 0 Å². The van der Waals surface area contributed by atoms with Gasteiger partial charge >= 0.3 is 0 Å². The van der Waals surface area contributed by atoms with Gasteiger partial charge in [-0.3, -0.25) is 4.79 Å². The minimum absolute atomic E-state index is 0.0295. The van der Waals surface area contributed by atoms with E-state index in [4.69, 9.17) is 4.74 Å². The highest BCUT2D eigenvalue weighted by Gasteiger charge is 2.34. The fourth-order valence-electron chi connectivity index (χ4n) is 2.41. The summed E-state index contributed by atoms with van der Waals surface area (Å²) in [6.45, 7) is 2.20. The number of carbonyl (C=O) groups is 1. The largest absolute Gasteiger partial charge is 0.493 e. The molecule has 0 amide bonds. The van der Waals surface area contributed by atoms with Gasteiger partial charge in [0.1, 0.15) is 0 Å². The molecule has 1 unspecified atom stereocenters. The molecule has 14 heavy (non-hydrogen) atoms. The third-order valence-electron chi connectivity index (χ3n) is 3.34. The van der Waals surface area contributed by atoms with Crippen molar-refractivity contribution in [3.8, 4) is 0 Å². The molecule has 0 radical (unpaired) electrons. The molecular formula is C12H16O2. The van der Waals surface area contributed by atoms with Crippen molar-refractivity contribution in [3.63, 3.8) is 0 Å². The van der Waals surface area contributed by atoms with E-state index in [1.54, 1.807) is 13.2 Å². The highest BCUT2D eigenvalue weighted by Crippen LogP contribution is 2.44. The smallest absolute Gasteiger partial charge is 0.220 e. The lowest BCUT2D eigenvalue weighted by Crippen LogP contribution is -2.27. The van der Waals surface area contributed by atoms with Crippen LogP contribution in [0.25, 0.3) is 0 Å². The second kappa shape index (κ2) is 3.26. The molecule has 0 aromatic heterocycles. The molecule has 1 saturated carbocycles. The van der Waals surface area contributed by atoms with Crippen molar-refractivity contribution < 1.29 is 9.53 Å². The first kappa shape index (κ1) is 9.50. The Morgan fingerprint density at radius 1 is 1.43 bits per heavy atom. The summed E-state index contributed by atoms with van der Waals surface area (Å²) in [5.74, 6) is 0.542. The molecule has 2 aliphatic carbocycles. The maximum absolute atomic E-state index is 11.6. The number of allylic oxidation sites excluding steroid dienone is 3. The Bertz CT molecular complexity index is 325. The summed E-state index contributed by atoms with van der Waals surface area (Å²) in [6.07, 6.45) is 8.44. The lowest BCUT2D eigenvalue weighted by Gasteiger charge is -2.36. The average molecular weight is 192 g/mol. The third kappa shape index (κ3) is 1.39. The van der Waals surface area contributed by atoms with Crippen LogP contribution in [0.5, 0.6) is 0 Å². The monoisotopic (exact) mass is 192 g/mol. The van der Waals surface area contributed by atoms with Gasteiger partial charge in [0.15, 0.2) is 5.76 Å². The summed E-state index contributed by atoms with van der Waals surface area (Å²) in [5, 5.41) is 0. The zero-order valence-electron chi connectivity index (χ0n) is 8.80. The predicted octanol–water partition coefficient (Wildman–Crippen LogP) is 2.61. The Labute approximate surface area is 84.6 Å². The molecular weight excluding hydrogens is 176 g/mol. The van der Waals surface area contributed by atoms with Crippen molar-refractivity contribution in [3.05, 3.63) is 23.5 Å². The second-order valence-electron chi connectivity index (χ2n) is 4.37. The first-order valence-corrected chi connectivity index (χ1v) is 5.18. The number of methoxy groups -OCH3 is 1. The van der Waals surface area contributed by atoms with E-state index in [1.165, 1.54) is 18.4 Å². The number of ketones is 1. The molecule has 0 aliphatic heterocycles. The van der Waals surface area contributed by atoms with Crippen molar-refractivity contribution in [2.45, 2.75) is 32.6 Å². The zero-order chi connectivity index (χ0) is 10.2. The molecule has 0 spiro atoms. The highest BCUT2D eigenvalue weighted by molar-refractivity contribution is 6.04. The van der Waals surface area contributed by atoms with Crippen LogP contribution in [0.3, 0.4) is 0 Å². The van der Waals surface area contributed by atoms with Gasteiger partial charge in [-0.05, 0) is 31.4 Å². The summed E-state index contributed by atoms with van der Waals surface area (Å²) in [4.78, 5) is 11.6. The Hall–Kier alpha value is -1.05. The number of carbonyl (C=O) groups excluding carboxylic acids is 1. The van der Waals surface area contributed by atoms with Crippen molar-refractivity contribution in [1.82, 2.24) is 0 Å². The first-order valence-electron chi connectivity index (χ1n) is 5.18. The quantitative estimate of drug-likeness (QED) is 0.638. The molecule has 2 heteroatoms. The number of fused-ring (bicyclic) bond motifs is 1. The molecule has 2 rings (SSSR count). The molecule has 76 valence electrons. The fourth-order valence-corrected chi connectivity index (χ4v) is 2.41. The van der Waals surface area contributed by atoms with Gasteiger partial charge in [-0.15, -0.1) is 0 Å². The van der Waals surface area contributed by atoms with E-state index in [2.05, 4.69) is 6.92 Å². The van der Waals surface area contributed by atoms with E-state index in [0.29, 0.717) is 5.76 Å². The van der Waals surface area contributed by atoms with Gasteiger partial charge in [0, 0.05) is 5.41 Å². The maximum Gasteiger partial charge on any atom is 0.220 e. The fraction of sp³-hybridized carbons (Fsp3) is 0.583. The first-order chi connectivity index (χ1) is 6.65. The minimum atomic E-state index is 0.0295. The third-order valence-corrected chi connectivity index (χ3v) is 3.34. The summed E-state index contributed by atoms with van der Waals surface area (Å²) in [5.41, 5.74) is 1.37. The topological polar surface area (TPSA) is 26.3 Å². The summed E-state index contributed by atoms with van der Waals surface area (Å²) < 4.78 is 5.08. The lowest BCUT2D eigenvalue weighted by atomic mass is 9.69. The summed E-state index contributed by atoms with van der Waals surface area (Å²) >= 11 is 0. The van der Waals surface area contributed by atoms with Crippen LogP contribution >= 0.6 is 0 Å². The molecule has 1 atom stereocenters. The van der Waals surface area contributed by atoms with Gasteiger partial charge in [0.25, 0.3) is 0 Å². The predicted molar refractivity (Wildman–Crippen MR) is 54.8 cm³/mol. The van der Waals surface area contributed by atoms with Crippen molar-refractivity contribution in [1.29, 1.82) is 0 Å². The molecule has 0 bridgehead atoms.